The molecule has 1 atom stereocenters. The molecule has 232 valence electrons. The quantitative estimate of drug-likeness (QED) is 0.129. The van der Waals surface area contributed by atoms with Crippen LogP contribution in [-0.2, 0) is 9.47 Å². The minimum atomic E-state index is -0.829. The largest absolute Gasteiger partial charge is 0.506 e. The number of methoxy groups -OCH3 is 2. The van der Waals surface area contributed by atoms with Gasteiger partial charge in [-0.3, -0.25) is 9.59 Å². The number of esters is 2. The van der Waals surface area contributed by atoms with E-state index in [4.69, 9.17) is 25.5 Å². The molecule has 0 spiro atoms. The Kier molecular flexibility index (Phi) is 6.93. The molecule has 4 heterocycles. The number of furan rings is 1. The zero-order valence-electron chi connectivity index (χ0n) is 24.4. The number of hydrogen-bond acceptors (Lipinski definition) is 8. The zero-order valence-corrected chi connectivity index (χ0v) is 25.2. The molecule has 0 radical (unpaired) electrons. The number of aromatic nitrogens is 2. The van der Waals surface area contributed by atoms with Crippen LogP contribution in [0, 0.1) is 0 Å². The smallest absolute Gasteiger partial charge is 0.355 e. The maximum absolute atomic E-state index is 14.0. The van der Waals surface area contributed by atoms with E-state index in [0.717, 1.165) is 5.39 Å². The monoisotopic (exact) mass is 640 g/mol. The Morgan fingerprint density at radius 3 is 2.52 bits per heavy atom. The van der Waals surface area contributed by atoms with Crippen molar-refractivity contribution in [1.82, 2.24) is 9.97 Å². The molecular formula is C33H25ClN4O8. The van der Waals surface area contributed by atoms with Crippen LogP contribution >= 0.6 is 11.6 Å². The number of phenolic OH excluding ortho intramolecular Hbond substituents is 1. The highest BCUT2D eigenvalue weighted by atomic mass is 35.5. The van der Waals surface area contributed by atoms with Gasteiger partial charge in [0.15, 0.2) is 5.76 Å². The number of nitrogens with one attached hydrogen (secondary N) is 3. The number of anilines is 2. The number of nitrogens with zero attached hydrogens (tertiary/aromatic N) is 1. The van der Waals surface area contributed by atoms with E-state index >= 15 is 0 Å². The number of carbonyl (C=O) groups excluding carboxylic acids is 4. The summed E-state index contributed by atoms with van der Waals surface area (Å²) in [6.45, 7) is 0.143. The van der Waals surface area contributed by atoms with Gasteiger partial charge in [-0.15, -0.1) is 11.6 Å². The number of halogens is 1. The van der Waals surface area contributed by atoms with Crippen LogP contribution in [-0.4, -0.2) is 65.5 Å². The van der Waals surface area contributed by atoms with Crippen LogP contribution in [0.1, 0.15) is 53.4 Å². The lowest BCUT2D eigenvalue weighted by atomic mass is 9.95. The molecular weight excluding hydrogens is 616 g/mol. The summed E-state index contributed by atoms with van der Waals surface area (Å²) in [5, 5.41) is 15.5. The maximum Gasteiger partial charge on any atom is 0.355 e. The van der Waals surface area contributed by atoms with Gasteiger partial charge in [0, 0.05) is 51.8 Å². The number of para-hydroxylation sites is 1. The van der Waals surface area contributed by atoms with E-state index in [1.807, 2.05) is 18.2 Å². The van der Waals surface area contributed by atoms with Crippen molar-refractivity contribution in [3.05, 3.63) is 88.9 Å². The van der Waals surface area contributed by atoms with Gasteiger partial charge in [-0.2, -0.15) is 0 Å². The molecule has 1 unspecified atom stereocenters. The van der Waals surface area contributed by atoms with E-state index in [0.29, 0.717) is 33.4 Å². The summed E-state index contributed by atoms with van der Waals surface area (Å²) in [5.41, 5.74) is 2.65. The SMILES string of the molecule is COC(=O)c1[nH]c2c(O)cc3c(c2c1C(=O)OC)C(CCl)CN3C(=O)c1cc2cc(NC(=O)c3cc4ccccc4o3)ccc2[nH]1. The second kappa shape index (κ2) is 11.0. The average molecular weight is 641 g/mol. The minimum absolute atomic E-state index is 0.0804. The first-order valence-electron chi connectivity index (χ1n) is 14.1. The van der Waals surface area contributed by atoms with E-state index < -0.39 is 29.7 Å². The van der Waals surface area contributed by atoms with Gasteiger partial charge in [-0.25, -0.2) is 9.59 Å². The third-order valence-electron chi connectivity index (χ3n) is 8.15. The number of benzene rings is 3. The maximum atomic E-state index is 14.0. The van der Waals surface area contributed by atoms with Gasteiger partial charge in [0.1, 0.15) is 28.3 Å². The van der Waals surface area contributed by atoms with E-state index in [-0.39, 0.29) is 51.8 Å². The Morgan fingerprint density at radius 1 is 1.00 bits per heavy atom. The topological polar surface area (TPSA) is 167 Å². The Morgan fingerprint density at radius 2 is 1.78 bits per heavy atom. The Bertz CT molecular complexity index is 2210. The number of alkyl halides is 1. The molecule has 12 nitrogen and oxygen atoms in total. The van der Waals surface area contributed by atoms with Crippen LogP contribution in [0.2, 0.25) is 0 Å². The number of hydrogen-bond donors (Lipinski definition) is 4. The predicted molar refractivity (Wildman–Crippen MR) is 170 cm³/mol. The van der Waals surface area contributed by atoms with Crippen LogP contribution in [0.15, 0.2) is 65.1 Å². The van der Waals surface area contributed by atoms with Crippen molar-refractivity contribution < 1.29 is 38.2 Å². The van der Waals surface area contributed by atoms with E-state index in [9.17, 15) is 24.3 Å². The molecule has 6 aromatic rings. The van der Waals surface area contributed by atoms with Gasteiger partial charge in [0.2, 0.25) is 0 Å². The van der Waals surface area contributed by atoms with Crippen molar-refractivity contribution in [2.75, 3.05) is 36.9 Å². The van der Waals surface area contributed by atoms with Gasteiger partial charge in [0.05, 0.1) is 25.4 Å². The van der Waals surface area contributed by atoms with Crippen molar-refractivity contribution >= 4 is 79.5 Å². The van der Waals surface area contributed by atoms with Crippen molar-refractivity contribution in [3.63, 3.8) is 0 Å². The van der Waals surface area contributed by atoms with Crippen molar-refractivity contribution in [1.29, 1.82) is 0 Å². The second-order valence-corrected chi connectivity index (χ2v) is 11.1. The average Bonchev–Trinajstić information content (AvgIpc) is 3.85. The highest BCUT2D eigenvalue weighted by Gasteiger charge is 2.39. The standard InChI is InChI=1S/C33H25ClN4O8/c1-44-32(42)27-26-25-17(13-34)14-38(21(25)12-22(39)28(26)37-29(27)33(43)45-2)31(41)20-10-16-9-18(7-8-19(16)36-20)35-30(40)24-11-15-5-3-4-6-23(15)46-24/h3-12,17,36-37,39H,13-14H2,1-2H3,(H,35,40). The van der Waals surface area contributed by atoms with Crippen molar-refractivity contribution in [2.24, 2.45) is 0 Å². The lowest BCUT2D eigenvalue weighted by Crippen LogP contribution is -2.30. The fourth-order valence-corrected chi connectivity index (χ4v) is 6.30. The van der Waals surface area contributed by atoms with Crippen molar-refractivity contribution in [3.8, 4) is 5.75 Å². The molecule has 0 saturated carbocycles. The first-order chi connectivity index (χ1) is 22.2. The molecule has 1 aliphatic heterocycles. The summed E-state index contributed by atoms with van der Waals surface area (Å²) in [5.74, 6) is -2.97. The highest BCUT2D eigenvalue weighted by molar-refractivity contribution is 6.21. The number of H-pyrrole nitrogens is 2. The first kappa shape index (κ1) is 29.0. The lowest BCUT2D eigenvalue weighted by Gasteiger charge is -2.17. The van der Waals surface area contributed by atoms with Crippen LogP contribution in [0.3, 0.4) is 0 Å². The normalized spacial score (nSPS) is 14.2. The Labute approximate surface area is 264 Å². The van der Waals surface area contributed by atoms with Crippen LogP contribution < -0.4 is 10.2 Å². The number of phenols is 1. The summed E-state index contributed by atoms with van der Waals surface area (Å²) in [7, 11) is 2.34. The van der Waals surface area contributed by atoms with Gasteiger partial charge in [-0.1, -0.05) is 18.2 Å². The van der Waals surface area contributed by atoms with Crippen LogP contribution in [0.25, 0.3) is 32.8 Å². The van der Waals surface area contributed by atoms with Crippen LogP contribution in [0.4, 0.5) is 11.4 Å². The number of aromatic amines is 2. The molecule has 0 fully saturated rings. The van der Waals surface area contributed by atoms with E-state index in [1.54, 1.807) is 36.4 Å². The Hall–Kier alpha value is -5.75. The summed E-state index contributed by atoms with van der Waals surface area (Å²) in [6.07, 6.45) is 0. The fraction of sp³-hybridized carbons (Fsp3) is 0.152. The zero-order chi connectivity index (χ0) is 32.3. The Balaban J connectivity index is 1.24. The summed E-state index contributed by atoms with van der Waals surface area (Å²) >= 11 is 6.38. The molecule has 46 heavy (non-hydrogen) atoms. The molecule has 0 aliphatic carbocycles. The van der Waals surface area contributed by atoms with E-state index in [1.165, 1.54) is 25.2 Å². The molecule has 4 N–H and O–H groups in total. The molecule has 13 heteroatoms. The molecule has 3 aromatic heterocycles. The van der Waals surface area contributed by atoms with Gasteiger partial charge in [0.25, 0.3) is 11.8 Å². The summed E-state index contributed by atoms with van der Waals surface area (Å²) in [6, 6.07) is 17.2. The number of carbonyl (C=O) groups is 4. The van der Waals surface area contributed by atoms with Crippen molar-refractivity contribution in [2.45, 2.75) is 5.92 Å². The molecule has 0 saturated heterocycles. The van der Waals surface area contributed by atoms with Gasteiger partial charge < -0.3 is 39.2 Å². The molecule has 1 aliphatic rings. The first-order valence-corrected chi connectivity index (χ1v) is 14.6. The second-order valence-electron chi connectivity index (χ2n) is 10.8. The molecule has 3 aromatic carbocycles. The highest BCUT2D eigenvalue weighted by Crippen LogP contribution is 2.47. The molecule has 7 rings (SSSR count). The number of aromatic hydroxyl groups is 1. The number of amides is 2. The van der Waals surface area contributed by atoms with Gasteiger partial charge >= 0.3 is 11.9 Å². The fourth-order valence-electron chi connectivity index (χ4n) is 6.05. The third-order valence-corrected chi connectivity index (χ3v) is 8.52. The number of rotatable bonds is 6. The summed E-state index contributed by atoms with van der Waals surface area (Å²) in [4.78, 5) is 59.7. The molecule has 0 bridgehead atoms. The lowest BCUT2D eigenvalue weighted by molar-refractivity contribution is 0.0553. The minimum Gasteiger partial charge on any atom is -0.506 e. The van der Waals surface area contributed by atoms with Gasteiger partial charge in [-0.05, 0) is 42.0 Å². The number of fused-ring (bicyclic) bond motifs is 5. The predicted octanol–water partition coefficient (Wildman–Crippen LogP) is 5.91. The van der Waals surface area contributed by atoms with Crippen LogP contribution in [0.5, 0.6) is 5.75 Å². The van der Waals surface area contributed by atoms with E-state index in [2.05, 4.69) is 15.3 Å². The summed E-state index contributed by atoms with van der Waals surface area (Å²) < 4.78 is 15.5. The number of ether oxygens (including phenoxy) is 2. The molecule has 2 amide bonds. The third kappa shape index (κ3) is 4.53.